The van der Waals surface area contributed by atoms with Crippen molar-refractivity contribution in [1.29, 1.82) is 0 Å². The molecule has 1 atom stereocenters. The largest absolute Gasteiger partial charge is 0.748 e. The molecule has 0 bridgehead atoms. The summed E-state index contributed by atoms with van der Waals surface area (Å²) in [5, 5.41) is 0. The van der Waals surface area contributed by atoms with Gasteiger partial charge in [-0.25, -0.2) is 12.1 Å². The van der Waals surface area contributed by atoms with E-state index in [0.29, 0.717) is 13.2 Å². The molecule has 1 heterocycles. The minimum Gasteiger partial charge on any atom is -0.748 e. The Bertz CT molecular complexity index is 802. The van der Waals surface area contributed by atoms with E-state index in [1.54, 1.807) is 0 Å². The molecule has 3 aromatic rings. The Kier molecular flexibility index (Phi) is 9.72. The van der Waals surface area contributed by atoms with E-state index < -0.39 is 0 Å². The Labute approximate surface area is 185 Å². The van der Waals surface area contributed by atoms with Crippen molar-refractivity contribution in [3.63, 3.8) is 0 Å². The van der Waals surface area contributed by atoms with Gasteiger partial charge in [-0.2, -0.15) is 11.6 Å². The van der Waals surface area contributed by atoms with Crippen LogP contribution in [-0.4, -0.2) is 45.4 Å². The van der Waals surface area contributed by atoms with E-state index in [4.69, 9.17) is 14.0 Å². The molecule has 1 aliphatic heterocycles. The molecule has 0 unspecified atom stereocenters. The predicted octanol–water partition coefficient (Wildman–Crippen LogP) is 3.37. The van der Waals surface area contributed by atoms with E-state index in [1.807, 2.05) is 61.5 Å². The normalized spacial score (nSPS) is 15.6. The van der Waals surface area contributed by atoms with E-state index >= 15 is 0 Å². The molecule has 29 heavy (non-hydrogen) atoms. The number of aryl methyl sites for hydroxylation is 1. The summed E-state index contributed by atoms with van der Waals surface area (Å²) >= 11 is 0. The molecule has 1 fully saturated rings. The summed E-state index contributed by atoms with van der Waals surface area (Å²) in [7, 11) is 3.84. The van der Waals surface area contributed by atoms with Gasteiger partial charge in [0.15, 0.2) is 0 Å². The zero-order valence-corrected chi connectivity index (χ0v) is 18.3. The van der Waals surface area contributed by atoms with E-state index in [1.165, 1.54) is 5.56 Å². The van der Waals surface area contributed by atoms with E-state index in [0.717, 1.165) is 23.3 Å². The van der Waals surface area contributed by atoms with Crippen LogP contribution < -0.4 is 10.2 Å². The molecule has 0 aromatic heterocycles. The zero-order valence-electron chi connectivity index (χ0n) is 17.2. The van der Waals surface area contributed by atoms with E-state index in [-0.39, 0.29) is 30.3 Å². The van der Waals surface area contributed by atoms with Gasteiger partial charge in [0.1, 0.15) is 12.4 Å². The number of hydrogen-bond donors (Lipinski definition) is 0. The number of ether oxygens (including phenoxy) is 1. The van der Waals surface area contributed by atoms with Gasteiger partial charge in [-0.05, 0) is 39.2 Å². The van der Waals surface area contributed by atoms with Crippen LogP contribution in [0.1, 0.15) is 11.1 Å². The summed E-state index contributed by atoms with van der Waals surface area (Å²) in [6, 6.07) is 24.3. The first-order valence-corrected chi connectivity index (χ1v) is 9.65. The average Bonchev–Trinajstić information content (AvgIpc) is 3.44. The third-order valence-electron chi connectivity index (χ3n) is 4.51. The molecule has 0 radical (unpaired) electrons. The first kappa shape index (κ1) is 23.5. The minimum atomic E-state index is -0.287. The maximum Gasteiger partial charge on any atom is 0.418 e. The monoisotopic (exact) mass is 433 g/mol. The fourth-order valence-corrected chi connectivity index (χ4v) is 3.11. The molecule has 0 spiro atoms. The van der Waals surface area contributed by atoms with Gasteiger partial charge in [0.05, 0.1) is 12.7 Å². The van der Waals surface area contributed by atoms with Crippen molar-refractivity contribution in [3.8, 4) is 5.75 Å². The van der Waals surface area contributed by atoms with Crippen LogP contribution >= 0.6 is 0 Å². The second kappa shape index (κ2) is 12.0. The SMILES string of the molecule is Cc1ccccc1OC[C@@H]1COB([c-]2cccc2CN(C)C)O1.[Fe].[cH-]1[cH-][cH-][cH-][cH-]1. The van der Waals surface area contributed by atoms with Crippen molar-refractivity contribution in [2.45, 2.75) is 19.6 Å². The fraction of sp³-hybridized carbons (Fsp3) is 0.304. The van der Waals surface area contributed by atoms with Crippen molar-refractivity contribution in [2.24, 2.45) is 0 Å². The van der Waals surface area contributed by atoms with Gasteiger partial charge in [0.25, 0.3) is 0 Å². The van der Waals surface area contributed by atoms with Crippen molar-refractivity contribution in [3.05, 3.63) is 83.9 Å². The number of hydrogen-bond acceptors (Lipinski definition) is 4. The second-order valence-electron chi connectivity index (χ2n) is 7.21. The van der Waals surface area contributed by atoms with Gasteiger partial charge in [-0.1, -0.05) is 18.2 Å². The maximum atomic E-state index is 6.02. The van der Waals surface area contributed by atoms with Gasteiger partial charge < -0.3 is 49.3 Å². The molecular formula is C23H28BFeNO3-6. The van der Waals surface area contributed by atoms with Crippen LogP contribution in [-0.2, 0) is 32.9 Å². The number of benzene rings is 1. The molecule has 4 rings (SSSR count). The molecule has 0 aliphatic carbocycles. The van der Waals surface area contributed by atoms with Crippen LogP contribution in [0.2, 0.25) is 0 Å². The second-order valence-corrected chi connectivity index (χ2v) is 7.21. The molecule has 0 N–H and O–H groups in total. The predicted molar refractivity (Wildman–Crippen MR) is 114 cm³/mol. The number of rotatable bonds is 6. The molecule has 160 valence electrons. The van der Waals surface area contributed by atoms with Crippen LogP contribution in [0.5, 0.6) is 5.75 Å². The minimum absolute atomic E-state index is 0. The number of para-hydroxylation sites is 1. The summed E-state index contributed by atoms with van der Waals surface area (Å²) < 4.78 is 17.7. The summed E-state index contributed by atoms with van der Waals surface area (Å²) in [4.78, 5) is 2.15. The van der Waals surface area contributed by atoms with Gasteiger partial charge in [0, 0.05) is 17.1 Å². The topological polar surface area (TPSA) is 30.9 Å². The van der Waals surface area contributed by atoms with Crippen LogP contribution in [0.3, 0.4) is 0 Å². The van der Waals surface area contributed by atoms with Gasteiger partial charge in [-0.15, -0.1) is 5.46 Å². The Morgan fingerprint density at radius 2 is 1.79 bits per heavy atom. The molecule has 0 amide bonds. The Morgan fingerprint density at radius 1 is 1.10 bits per heavy atom. The van der Waals surface area contributed by atoms with Crippen molar-refractivity contribution < 1.29 is 31.1 Å². The Hall–Kier alpha value is -1.82. The summed E-state index contributed by atoms with van der Waals surface area (Å²) in [5.41, 5.74) is 3.50. The third-order valence-corrected chi connectivity index (χ3v) is 4.51. The number of nitrogens with zero attached hydrogens (tertiary/aromatic N) is 1. The molecule has 1 aliphatic rings. The fourth-order valence-electron chi connectivity index (χ4n) is 3.11. The maximum absolute atomic E-state index is 6.02. The molecule has 3 aromatic carbocycles. The first-order valence-electron chi connectivity index (χ1n) is 9.65. The quantitative estimate of drug-likeness (QED) is 0.441. The molecule has 1 saturated heterocycles. The standard InChI is InChI=1S/C18H23BNO3.C5H5.Fe/c1-14-7-4-5-10-18(14)21-12-16-13-22-19(23-16)17-9-6-8-15(17)11-20(2)3;1-2-4-5-3-1;/h4-10,16H,11-13H2,1-3H3;1-5H;/q-1;-5;/t16-;;/m1../s1. The summed E-state index contributed by atoms with van der Waals surface area (Å²) in [5.74, 6) is 0.904. The van der Waals surface area contributed by atoms with Crippen LogP contribution in [0.15, 0.2) is 72.8 Å². The molecule has 4 nitrogen and oxygen atoms in total. The van der Waals surface area contributed by atoms with Crippen molar-refractivity contribution >= 4 is 12.6 Å². The van der Waals surface area contributed by atoms with E-state index in [9.17, 15) is 0 Å². The van der Waals surface area contributed by atoms with E-state index in [2.05, 4.69) is 37.2 Å². The zero-order chi connectivity index (χ0) is 19.8. The smallest absolute Gasteiger partial charge is 0.418 e. The molecule has 0 saturated carbocycles. The van der Waals surface area contributed by atoms with Crippen molar-refractivity contribution in [2.75, 3.05) is 27.3 Å². The third kappa shape index (κ3) is 7.18. The van der Waals surface area contributed by atoms with Crippen LogP contribution in [0.25, 0.3) is 0 Å². The van der Waals surface area contributed by atoms with Crippen LogP contribution in [0.4, 0.5) is 0 Å². The van der Waals surface area contributed by atoms with Gasteiger partial charge in [-0.3, -0.25) is 0 Å². The molecule has 6 heteroatoms. The summed E-state index contributed by atoms with van der Waals surface area (Å²) in [6.07, 6.45) is -0.0401. The van der Waals surface area contributed by atoms with Gasteiger partial charge >= 0.3 is 7.12 Å². The first-order chi connectivity index (χ1) is 13.6. The van der Waals surface area contributed by atoms with Crippen molar-refractivity contribution in [1.82, 2.24) is 4.90 Å². The Balaban J connectivity index is 0.000000437. The average molecular weight is 433 g/mol. The molecular weight excluding hydrogens is 405 g/mol. The van der Waals surface area contributed by atoms with Crippen LogP contribution in [0, 0.1) is 6.92 Å². The summed E-state index contributed by atoms with van der Waals surface area (Å²) in [6.45, 7) is 3.99. The van der Waals surface area contributed by atoms with Gasteiger partial charge in [0.2, 0.25) is 0 Å². The Morgan fingerprint density at radius 3 is 2.45 bits per heavy atom.